The Labute approximate surface area is 101 Å². The second-order valence-corrected chi connectivity index (χ2v) is 5.60. The van der Waals surface area contributed by atoms with Gasteiger partial charge >= 0.3 is 0 Å². The molecule has 2 fully saturated rings. The molecule has 1 N–H and O–H groups in total. The van der Waals surface area contributed by atoms with Crippen molar-refractivity contribution in [2.24, 2.45) is 0 Å². The van der Waals surface area contributed by atoms with E-state index in [0.717, 1.165) is 12.1 Å². The highest BCUT2D eigenvalue weighted by Gasteiger charge is 2.24. The molecule has 16 heavy (non-hydrogen) atoms. The smallest absolute Gasteiger partial charge is 0.00964 e. The molecule has 0 aromatic heterocycles. The average Bonchev–Trinajstić information content (AvgIpc) is 2.29. The third-order valence-corrected chi connectivity index (χ3v) is 4.51. The minimum Gasteiger partial charge on any atom is -0.317 e. The molecule has 1 aliphatic carbocycles. The molecule has 2 aliphatic rings. The molecule has 1 aliphatic heterocycles. The zero-order valence-electron chi connectivity index (χ0n) is 10.9. The van der Waals surface area contributed by atoms with Gasteiger partial charge in [-0.3, -0.25) is 0 Å². The highest BCUT2D eigenvalue weighted by atomic mass is 15.2. The monoisotopic (exact) mass is 224 g/mol. The summed E-state index contributed by atoms with van der Waals surface area (Å²) in [7, 11) is 2.11. The third-order valence-electron chi connectivity index (χ3n) is 4.51. The maximum absolute atomic E-state index is 3.43. The van der Waals surface area contributed by atoms with E-state index in [1.54, 1.807) is 0 Å². The van der Waals surface area contributed by atoms with Crippen LogP contribution in [0.1, 0.15) is 57.8 Å². The molecular formula is C14H28N2. The van der Waals surface area contributed by atoms with Crippen LogP contribution in [0.15, 0.2) is 0 Å². The van der Waals surface area contributed by atoms with Gasteiger partial charge in [0.1, 0.15) is 0 Å². The maximum Gasteiger partial charge on any atom is 0.00964 e. The van der Waals surface area contributed by atoms with E-state index in [0.29, 0.717) is 0 Å². The first kappa shape index (κ1) is 12.4. The van der Waals surface area contributed by atoms with Gasteiger partial charge in [0, 0.05) is 12.1 Å². The molecule has 0 radical (unpaired) electrons. The van der Waals surface area contributed by atoms with Crippen molar-refractivity contribution in [3.05, 3.63) is 0 Å². The quantitative estimate of drug-likeness (QED) is 0.776. The van der Waals surface area contributed by atoms with Crippen LogP contribution in [-0.2, 0) is 0 Å². The summed E-state index contributed by atoms with van der Waals surface area (Å²) in [6, 6.07) is 1.70. The number of hydrogen-bond donors (Lipinski definition) is 1. The van der Waals surface area contributed by atoms with Gasteiger partial charge in [-0.15, -0.1) is 0 Å². The first-order valence-corrected chi connectivity index (χ1v) is 7.31. The number of nitrogens with zero attached hydrogens (tertiary/aromatic N) is 1. The Kier molecular flexibility index (Phi) is 5.11. The van der Waals surface area contributed by atoms with Crippen LogP contribution in [0.3, 0.4) is 0 Å². The van der Waals surface area contributed by atoms with Crippen molar-refractivity contribution in [2.45, 2.75) is 69.9 Å². The Morgan fingerprint density at radius 2 is 1.38 bits per heavy atom. The molecule has 0 aromatic carbocycles. The van der Waals surface area contributed by atoms with Crippen molar-refractivity contribution in [3.63, 3.8) is 0 Å². The zero-order valence-corrected chi connectivity index (χ0v) is 10.9. The molecule has 94 valence electrons. The lowest BCUT2D eigenvalue weighted by Gasteiger charge is -2.37. The predicted octanol–water partition coefficient (Wildman–Crippen LogP) is 2.78. The Bertz CT molecular complexity index is 177. The van der Waals surface area contributed by atoms with Gasteiger partial charge in [-0.1, -0.05) is 19.3 Å². The molecule has 2 heteroatoms. The summed E-state index contributed by atoms with van der Waals surface area (Å²) in [5.74, 6) is 0. The molecule has 2 rings (SSSR count). The van der Waals surface area contributed by atoms with Crippen molar-refractivity contribution in [1.29, 1.82) is 0 Å². The second kappa shape index (κ2) is 6.61. The Hall–Kier alpha value is -0.0800. The molecule has 0 bridgehead atoms. The molecule has 0 unspecified atom stereocenters. The van der Waals surface area contributed by atoms with Crippen LogP contribution in [0.4, 0.5) is 0 Å². The maximum atomic E-state index is 3.43. The minimum atomic E-state index is 0.797. The van der Waals surface area contributed by atoms with E-state index in [-0.39, 0.29) is 0 Å². The lowest BCUT2D eigenvalue weighted by molar-refractivity contribution is 0.134. The standard InChI is InChI=1S/C14H28N2/c1-15-13-7-9-14(10-8-13)16-11-5-3-2-4-6-12-16/h13-15H,2-12H2,1H3. The Morgan fingerprint density at radius 3 is 1.94 bits per heavy atom. The van der Waals surface area contributed by atoms with Gasteiger partial charge in [0.2, 0.25) is 0 Å². The van der Waals surface area contributed by atoms with Crippen LogP contribution < -0.4 is 5.32 Å². The molecule has 0 amide bonds. The summed E-state index contributed by atoms with van der Waals surface area (Å²) >= 11 is 0. The molecule has 0 aromatic rings. The number of nitrogens with one attached hydrogen (secondary N) is 1. The summed E-state index contributed by atoms with van der Waals surface area (Å²) in [6.45, 7) is 2.74. The lowest BCUT2D eigenvalue weighted by atomic mass is 9.89. The largest absolute Gasteiger partial charge is 0.317 e. The molecule has 1 saturated heterocycles. The zero-order chi connectivity index (χ0) is 11.2. The molecule has 1 saturated carbocycles. The Balaban J connectivity index is 1.77. The molecule has 1 heterocycles. The number of likely N-dealkylation sites (tertiary alicyclic amines) is 1. The first-order valence-electron chi connectivity index (χ1n) is 7.31. The topological polar surface area (TPSA) is 15.3 Å². The predicted molar refractivity (Wildman–Crippen MR) is 69.8 cm³/mol. The van der Waals surface area contributed by atoms with Crippen LogP contribution >= 0.6 is 0 Å². The van der Waals surface area contributed by atoms with E-state index in [9.17, 15) is 0 Å². The second-order valence-electron chi connectivity index (χ2n) is 5.60. The van der Waals surface area contributed by atoms with Crippen molar-refractivity contribution in [3.8, 4) is 0 Å². The number of rotatable bonds is 2. The summed E-state index contributed by atoms with van der Waals surface area (Å²) in [5, 5.41) is 3.43. The molecular weight excluding hydrogens is 196 g/mol. The average molecular weight is 224 g/mol. The van der Waals surface area contributed by atoms with Gasteiger partial charge < -0.3 is 10.2 Å². The van der Waals surface area contributed by atoms with Crippen molar-refractivity contribution >= 4 is 0 Å². The van der Waals surface area contributed by atoms with E-state index in [1.165, 1.54) is 70.9 Å². The van der Waals surface area contributed by atoms with Gasteiger partial charge in [-0.05, 0) is 58.7 Å². The van der Waals surface area contributed by atoms with Crippen LogP contribution in [0.5, 0.6) is 0 Å². The minimum absolute atomic E-state index is 0.797. The summed E-state index contributed by atoms with van der Waals surface area (Å²) in [5.41, 5.74) is 0. The van der Waals surface area contributed by atoms with Gasteiger partial charge in [-0.25, -0.2) is 0 Å². The first-order chi connectivity index (χ1) is 7.90. The van der Waals surface area contributed by atoms with E-state index in [1.807, 2.05) is 0 Å². The summed E-state index contributed by atoms with van der Waals surface area (Å²) in [6.07, 6.45) is 12.9. The van der Waals surface area contributed by atoms with Crippen molar-refractivity contribution < 1.29 is 0 Å². The fraction of sp³-hybridized carbons (Fsp3) is 1.00. The van der Waals surface area contributed by atoms with Gasteiger partial charge in [0.05, 0.1) is 0 Å². The number of hydrogen-bond acceptors (Lipinski definition) is 2. The lowest BCUT2D eigenvalue weighted by Crippen LogP contribution is -2.42. The van der Waals surface area contributed by atoms with Crippen molar-refractivity contribution in [2.75, 3.05) is 20.1 Å². The van der Waals surface area contributed by atoms with Crippen LogP contribution in [0, 0.1) is 0 Å². The molecule has 0 spiro atoms. The summed E-state index contributed by atoms with van der Waals surface area (Å²) in [4.78, 5) is 2.80. The van der Waals surface area contributed by atoms with Crippen LogP contribution in [-0.4, -0.2) is 37.1 Å². The van der Waals surface area contributed by atoms with E-state index in [4.69, 9.17) is 0 Å². The highest BCUT2D eigenvalue weighted by Crippen LogP contribution is 2.24. The Morgan fingerprint density at radius 1 is 0.812 bits per heavy atom. The van der Waals surface area contributed by atoms with E-state index >= 15 is 0 Å². The molecule has 2 nitrogen and oxygen atoms in total. The van der Waals surface area contributed by atoms with E-state index < -0.39 is 0 Å². The van der Waals surface area contributed by atoms with Gasteiger partial charge in [0.15, 0.2) is 0 Å². The summed E-state index contributed by atoms with van der Waals surface area (Å²) < 4.78 is 0. The fourth-order valence-corrected chi connectivity index (χ4v) is 3.37. The SMILES string of the molecule is CNC1CCC(N2CCCCCCC2)CC1. The fourth-order valence-electron chi connectivity index (χ4n) is 3.37. The van der Waals surface area contributed by atoms with Gasteiger partial charge in [-0.2, -0.15) is 0 Å². The van der Waals surface area contributed by atoms with Crippen LogP contribution in [0.2, 0.25) is 0 Å². The normalized spacial score (nSPS) is 34.3. The van der Waals surface area contributed by atoms with Crippen LogP contribution in [0.25, 0.3) is 0 Å². The highest BCUT2D eigenvalue weighted by molar-refractivity contribution is 4.82. The van der Waals surface area contributed by atoms with Crippen molar-refractivity contribution in [1.82, 2.24) is 10.2 Å². The van der Waals surface area contributed by atoms with E-state index in [2.05, 4.69) is 17.3 Å². The molecule has 0 atom stereocenters. The van der Waals surface area contributed by atoms with Gasteiger partial charge in [0.25, 0.3) is 0 Å². The third kappa shape index (κ3) is 3.46.